The molecule has 0 aliphatic carbocycles. The Hall–Kier alpha value is -1.78. The van der Waals surface area contributed by atoms with Gasteiger partial charge in [0.05, 0.1) is 5.92 Å². The van der Waals surface area contributed by atoms with E-state index in [4.69, 9.17) is 5.84 Å². The van der Waals surface area contributed by atoms with Gasteiger partial charge in [-0.15, -0.1) is 11.8 Å². The van der Waals surface area contributed by atoms with Gasteiger partial charge in [-0.05, 0) is 24.1 Å². The average molecular weight is 286 g/mol. The highest BCUT2D eigenvalue weighted by atomic mass is 32.2. The van der Waals surface area contributed by atoms with Crippen molar-refractivity contribution >= 4 is 17.7 Å². The summed E-state index contributed by atoms with van der Waals surface area (Å²) in [7, 11) is 0. The fourth-order valence-corrected chi connectivity index (χ4v) is 3.16. The molecule has 2 rings (SSSR count). The summed E-state index contributed by atoms with van der Waals surface area (Å²) in [6.07, 6.45) is 0. The van der Waals surface area contributed by atoms with Crippen molar-refractivity contribution in [2.45, 2.75) is 17.7 Å². The Balaban J connectivity index is 2.14. The third-order valence-corrected chi connectivity index (χ3v) is 4.43. The Morgan fingerprint density at radius 3 is 2.45 bits per heavy atom. The largest absolute Gasteiger partial charge is 0.294 e. The van der Waals surface area contributed by atoms with Gasteiger partial charge < -0.3 is 0 Å². The molecule has 0 saturated heterocycles. The van der Waals surface area contributed by atoms with Crippen molar-refractivity contribution < 1.29 is 4.79 Å². The zero-order valence-electron chi connectivity index (χ0n) is 11.4. The summed E-state index contributed by atoms with van der Waals surface area (Å²) >= 11 is 1.68. The van der Waals surface area contributed by atoms with E-state index in [0.29, 0.717) is 5.75 Å². The normalized spacial score (nSPS) is 11.9. The maximum Gasteiger partial charge on any atom is 0.242 e. The van der Waals surface area contributed by atoms with Crippen LogP contribution in [0.1, 0.15) is 17.0 Å². The summed E-state index contributed by atoms with van der Waals surface area (Å²) in [6, 6.07) is 17.9. The molecular formula is C16H18N2OS. The minimum absolute atomic E-state index is 0.155. The first-order valence-electron chi connectivity index (χ1n) is 6.46. The predicted molar refractivity (Wildman–Crippen MR) is 83.4 cm³/mol. The highest BCUT2D eigenvalue weighted by Gasteiger charge is 2.20. The molecule has 1 atom stereocenters. The van der Waals surface area contributed by atoms with Crippen LogP contribution in [0.5, 0.6) is 0 Å². The number of carbonyl (C=O) groups excluding carboxylic acids is 1. The van der Waals surface area contributed by atoms with Crippen LogP contribution in [0.15, 0.2) is 59.5 Å². The van der Waals surface area contributed by atoms with Crippen molar-refractivity contribution in [3.8, 4) is 0 Å². The number of thioether (sulfide) groups is 1. The van der Waals surface area contributed by atoms with Gasteiger partial charge in [0.15, 0.2) is 0 Å². The molecule has 2 aromatic carbocycles. The number of amides is 1. The average Bonchev–Trinajstić information content (AvgIpc) is 2.50. The standard InChI is InChI=1S/C16H18N2OS/c1-12-7-5-6-10-15(12)20-11-14(16(19)18-17)13-8-3-2-4-9-13/h2-10,14H,11,17H2,1H3,(H,18,19). The Kier molecular flexibility index (Phi) is 5.21. The van der Waals surface area contributed by atoms with Gasteiger partial charge in [0.2, 0.25) is 5.91 Å². The van der Waals surface area contributed by atoms with Crippen molar-refractivity contribution in [2.75, 3.05) is 5.75 Å². The van der Waals surface area contributed by atoms with Gasteiger partial charge in [-0.25, -0.2) is 5.84 Å². The molecule has 0 radical (unpaired) electrons. The van der Waals surface area contributed by atoms with Crippen LogP contribution in [0.4, 0.5) is 0 Å². The summed E-state index contributed by atoms with van der Waals surface area (Å²) in [6.45, 7) is 2.07. The van der Waals surface area contributed by atoms with Gasteiger partial charge >= 0.3 is 0 Å². The van der Waals surface area contributed by atoms with E-state index in [2.05, 4.69) is 24.5 Å². The fraction of sp³-hybridized carbons (Fsp3) is 0.188. The minimum Gasteiger partial charge on any atom is -0.294 e. The Morgan fingerprint density at radius 1 is 1.15 bits per heavy atom. The van der Waals surface area contributed by atoms with Crippen molar-refractivity contribution in [2.24, 2.45) is 5.84 Å². The molecule has 4 heteroatoms. The molecule has 2 aromatic rings. The monoisotopic (exact) mass is 286 g/mol. The van der Waals surface area contributed by atoms with E-state index in [1.54, 1.807) is 11.8 Å². The summed E-state index contributed by atoms with van der Waals surface area (Å²) in [5.74, 6) is 5.57. The van der Waals surface area contributed by atoms with Crippen LogP contribution in [0, 0.1) is 6.92 Å². The number of hydrazine groups is 1. The predicted octanol–water partition coefficient (Wildman–Crippen LogP) is 2.86. The first kappa shape index (κ1) is 14.6. The molecule has 0 aliphatic heterocycles. The van der Waals surface area contributed by atoms with Crippen LogP contribution in [-0.2, 0) is 4.79 Å². The molecule has 3 N–H and O–H groups in total. The molecular weight excluding hydrogens is 268 g/mol. The highest BCUT2D eigenvalue weighted by Crippen LogP contribution is 2.28. The van der Waals surface area contributed by atoms with Gasteiger partial charge in [-0.1, -0.05) is 48.5 Å². The summed E-state index contributed by atoms with van der Waals surface area (Å²) < 4.78 is 0. The lowest BCUT2D eigenvalue weighted by Crippen LogP contribution is -2.35. The molecule has 104 valence electrons. The molecule has 0 bridgehead atoms. The van der Waals surface area contributed by atoms with Gasteiger partial charge in [0.1, 0.15) is 0 Å². The molecule has 0 saturated carbocycles. The molecule has 0 fully saturated rings. The topological polar surface area (TPSA) is 55.1 Å². The Bertz CT molecular complexity index is 572. The minimum atomic E-state index is -0.245. The molecule has 0 aromatic heterocycles. The van der Waals surface area contributed by atoms with Crippen molar-refractivity contribution in [3.63, 3.8) is 0 Å². The van der Waals surface area contributed by atoms with E-state index in [-0.39, 0.29) is 11.8 Å². The molecule has 0 spiro atoms. The third kappa shape index (κ3) is 3.62. The maximum absolute atomic E-state index is 12.0. The van der Waals surface area contributed by atoms with Crippen molar-refractivity contribution in [3.05, 3.63) is 65.7 Å². The van der Waals surface area contributed by atoms with E-state index in [0.717, 1.165) is 5.56 Å². The first-order valence-corrected chi connectivity index (χ1v) is 7.44. The number of hydrogen-bond acceptors (Lipinski definition) is 3. The van der Waals surface area contributed by atoms with E-state index < -0.39 is 0 Å². The number of carbonyl (C=O) groups is 1. The van der Waals surface area contributed by atoms with Crippen molar-refractivity contribution in [1.82, 2.24) is 5.43 Å². The van der Waals surface area contributed by atoms with Crippen LogP contribution < -0.4 is 11.3 Å². The van der Waals surface area contributed by atoms with E-state index >= 15 is 0 Å². The van der Waals surface area contributed by atoms with Crippen LogP contribution in [-0.4, -0.2) is 11.7 Å². The van der Waals surface area contributed by atoms with Crippen LogP contribution >= 0.6 is 11.8 Å². The highest BCUT2D eigenvalue weighted by molar-refractivity contribution is 7.99. The van der Waals surface area contributed by atoms with Crippen LogP contribution in [0.2, 0.25) is 0 Å². The van der Waals surface area contributed by atoms with Crippen molar-refractivity contribution in [1.29, 1.82) is 0 Å². The van der Waals surface area contributed by atoms with Crippen LogP contribution in [0.3, 0.4) is 0 Å². The third-order valence-electron chi connectivity index (χ3n) is 3.16. The smallest absolute Gasteiger partial charge is 0.242 e. The number of nitrogens with one attached hydrogen (secondary N) is 1. The number of nitrogens with two attached hydrogens (primary N) is 1. The molecule has 1 unspecified atom stereocenters. The van der Waals surface area contributed by atoms with Gasteiger partial charge in [0, 0.05) is 10.6 Å². The summed E-state index contributed by atoms with van der Waals surface area (Å²) in [4.78, 5) is 13.2. The van der Waals surface area contributed by atoms with Crippen LogP contribution in [0.25, 0.3) is 0 Å². The molecule has 0 aliphatic rings. The van der Waals surface area contributed by atoms with E-state index in [9.17, 15) is 4.79 Å². The summed E-state index contributed by atoms with van der Waals surface area (Å²) in [5, 5.41) is 0. The lowest BCUT2D eigenvalue weighted by atomic mass is 10.0. The molecule has 3 nitrogen and oxygen atoms in total. The van der Waals surface area contributed by atoms with Gasteiger partial charge in [-0.3, -0.25) is 10.2 Å². The Morgan fingerprint density at radius 2 is 1.80 bits per heavy atom. The van der Waals surface area contributed by atoms with E-state index in [1.807, 2.05) is 42.5 Å². The second-order valence-electron chi connectivity index (χ2n) is 4.55. The Labute approximate surface area is 123 Å². The second kappa shape index (κ2) is 7.12. The number of aryl methyl sites for hydroxylation is 1. The molecule has 1 amide bonds. The van der Waals surface area contributed by atoms with Gasteiger partial charge in [0.25, 0.3) is 0 Å². The summed E-state index contributed by atoms with van der Waals surface area (Å²) in [5.41, 5.74) is 4.46. The molecule has 20 heavy (non-hydrogen) atoms. The quantitative estimate of drug-likeness (QED) is 0.384. The lowest BCUT2D eigenvalue weighted by molar-refractivity contribution is -0.122. The first-order chi connectivity index (χ1) is 9.72. The number of rotatable bonds is 5. The zero-order chi connectivity index (χ0) is 14.4. The lowest BCUT2D eigenvalue weighted by Gasteiger charge is -2.16. The second-order valence-corrected chi connectivity index (χ2v) is 5.61. The van der Waals surface area contributed by atoms with E-state index in [1.165, 1.54) is 10.5 Å². The van der Waals surface area contributed by atoms with Gasteiger partial charge in [-0.2, -0.15) is 0 Å². The fourth-order valence-electron chi connectivity index (χ4n) is 2.00. The number of benzene rings is 2. The zero-order valence-corrected chi connectivity index (χ0v) is 12.2. The molecule has 0 heterocycles. The SMILES string of the molecule is Cc1ccccc1SCC(C(=O)NN)c1ccccc1. The number of hydrogen-bond donors (Lipinski definition) is 2. The maximum atomic E-state index is 12.0.